The first-order chi connectivity index (χ1) is 13.4. The summed E-state index contributed by atoms with van der Waals surface area (Å²) >= 11 is 0. The number of ether oxygens (including phenoxy) is 2. The van der Waals surface area contributed by atoms with E-state index < -0.39 is 12.0 Å². The van der Waals surface area contributed by atoms with Crippen LogP contribution in [0.4, 0.5) is 4.79 Å². The van der Waals surface area contributed by atoms with Gasteiger partial charge in [0, 0.05) is 25.3 Å². The van der Waals surface area contributed by atoms with Gasteiger partial charge in [-0.15, -0.1) is 0 Å². The van der Waals surface area contributed by atoms with Crippen LogP contribution in [0.1, 0.15) is 31.9 Å². The van der Waals surface area contributed by atoms with E-state index in [1.807, 2.05) is 24.3 Å². The maximum absolute atomic E-state index is 12.7. The Bertz CT molecular complexity index is 767. The van der Waals surface area contributed by atoms with Crippen LogP contribution in [-0.4, -0.2) is 50.8 Å². The van der Waals surface area contributed by atoms with Crippen LogP contribution in [0.25, 0.3) is 0 Å². The summed E-state index contributed by atoms with van der Waals surface area (Å²) < 4.78 is 10.4. The fourth-order valence-electron chi connectivity index (χ4n) is 4.31. The van der Waals surface area contributed by atoms with Crippen molar-refractivity contribution in [3.05, 3.63) is 41.1 Å². The predicted octanol–water partition coefficient (Wildman–Crippen LogP) is 2.45. The zero-order valence-corrected chi connectivity index (χ0v) is 17.0. The molecule has 0 radical (unpaired) electrons. The average molecular weight is 387 g/mol. The Kier molecular flexibility index (Phi) is 6.24. The van der Waals surface area contributed by atoms with Crippen LogP contribution in [0.5, 0.6) is 5.75 Å². The van der Waals surface area contributed by atoms with Crippen LogP contribution in [0.3, 0.4) is 0 Å². The number of hydrogen-bond acceptors (Lipinski definition) is 5. The van der Waals surface area contributed by atoms with E-state index in [-0.39, 0.29) is 6.03 Å². The molecular formula is C21H29N3O4. The first-order valence-electron chi connectivity index (χ1n) is 9.66. The smallest absolute Gasteiger partial charge is 0.338 e. The molecule has 7 nitrogen and oxygen atoms in total. The summed E-state index contributed by atoms with van der Waals surface area (Å²) in [5.41, 5.74) is 1.80. The van der Waals surface area contributed by atoms with E-state index in [4.69, 9.17) is 9.47 Å². The number of esters is 1. The third-order valence-electron chi connectivity index (χ3n) is 5.31. The number of methoxy groups -OCH3 is 2. The number of rotatable bonds is 5. The van der Waals surface area contributed by atoms with Gasteiger partial charge >= 0.3 is 12.0 Å². The Morgan fingerprint density at radius 1 is 1.21 bits per heavy atom. The normalized spacial score (nSPS) is 25.7. The van der Waals surface area contributed by atoms with Crippen molar-refractivity contribution >= 4 is 12.0 Å². The van der Waals surface area contributed by atoms with E-state index in [0.717, 1.165) is 18.7 Å². The summed E-state index contributed by atoms with van der Waals surface area (Å²) in [5, 5.41) is 5.69. The Morgan fingerprint density at radius 2 is 1.93 bits per heavy atom. The van der Waals surface area contributed by atoms with Crippen molar-refractivity contribution in [2.24, 2.45) is 11.8 Å². The Balaban J connectivity index is 1.97. The summed E-state index contributed by atoms with van der Waals surface area (Å²) in [6.07, 6.45) is 1.19. The minimum absolute atomic E-state index is 0.325. The first kappa shape index (κ1) is 20.2. The largest absolute Gasteiger partial charge is 0.497 e. The fraction of sp³-hybridized carbons (Fsp3) is 0.524. The number of hydrogen-bond donors (Lipinski definition) is 2. The number of nitrogens with one attached hydrogen (secondary N) is 2. The molecule has 1 fully saturated rings. The van der Waals surface area contributed by atoms with Gasteiger partial charge in [0.1, 0.15) is 5.75 Å². The molecule has 2 heterocycles. The number of likely N-dealkylation sites (tertiary alicyclic amines) is 1. The minimum atomic E-state index is -0.592. The number of benzene rings is 1. The molecule has 0 aromatic heterocycles. The quantitative estimate of drug-likeness (QED) is 0.759. The van der Waals surface area contributed by atoms with Gasteiger partial charge in [-0.05, 0) is 36.0 Å². The molecule has 3 atom stereocenters. The Morgan fingerprint density at radius 3 is 2.57 bits per heavy atom. The molecule has 28 heavy (non-hydrogen) atoms. The third-order valence-corrected chi connectivity index (χ3v) is 5.31. The molecule has 2 aliphatic heterocycles. The second-order valence-electron chi connectivity index (χ2n) is 7.83. The van der Waals surface area contributed by atoms with Gasteiger partial charge in [-0.3, -0.25) is 4.90 Å². The number of piperidine rings is 1. The number of carbonyl (C=O) groups excluding carboxylic acids is 2. The van der Waals surface area contributed by atoms with Gasteiger partial charge in [-0.1, -0.05) is 26.0 Å². The molecule has 1 aromatic rings. The molecular weight excluding hydrogens is 358 g/mol. The van der Waals surface area contributed by atoms with Crippen molar-refractivity contribution in [3.8, 4) is 5.75 Å². The molecule has 1 saturated heterocycles. The van der Waals surface area contributed by atoms with Gasteiger partial charge in [0.15, 0.2) is 0 Å². The highest BCUT2D eigenvalue weighted by molar-refractivity contribution is 5.95. The minimum Gasteiger partial charge on any atom is -0.497 e. The molecule has 2 amide bonds. The number of carbonyl (C=O) groups is 2. The molecule has 0 bridgehead atoms. The topological polar surface area (TPSA) is 79.9 Å². The van der Waals surface area contributed by atoms with Crippen molar-refractivity contribution in [2.75, 3.05) is 33.9 Å². The van der Waals surface area contributed by atoms with E-state index >= 15 is 0 Å². The van der Waals surface area contributed by atoms with Crippen molar-refractivity contribution < 1.29 is 19.1 Å². The highest BCUT2D eigenvalue weighted by Gasteiger charge is 2.35. The van der Waals surface area contributed by atoms with Gasteiger partial charge < -0.3 is 20.1 Å². The van der Waals surface area contributed by atoms with Gasteiger partial charge in [-0.25, -0.2) is 9.59 Å². The molecule has 0 aliphatic carbocycles. The lowest BCUT2D eigenvalue weighted by atomic mass is 9.91. The average Bonchev–Trinajstić information content (AvgIpc) is 2.66. The lowest BCUT2D eigenvalue weighted by Gasteiger charge is -2.37. The summed E-state index contributed by atoms with van der Waals surface area (Å²) in [6.45, 7) is 6.86. The summed E-state index contributed by atoms with van der Waals surface area (Å²) in [5.74, 6) is 1.37. The third kappa shape index (κ3) is 4.47. The van der Waals surface area contributed by atoms with E-state index in [1.54, 1.807) is 7.11 Å². The molecule has 152 valence electrons. The standard InChI is InChI=1S/C21H29N3O4/c1-13-8-14(2)11-24(10-13)12-17-18(20(25)28-4)19(23-21(26)22-17)15-6-5-7-16(9-15)27-3/h5-7,9,13-14,19H,8,10-12H2,1-4H3,(H2,22,23,26)/t13-,14-,19+/m1/s1. The van der Waals surface area contributed by atoms with Crippen LogP contribution >= 0.6 is 0 Å². The monoisotopic (exact) mass is 387 g/mol. The lowest BCUT2D eigenvalue weighted by molar-refractivity contribution is -0.136. The van der Waals surface area contributed by atoms with Gasteiger partial charge in [0.2, 0.25) is 0 Å². The van der Waals surface area contributed by atoms with Crippen molar-refractivity contribution in [1.82, 2.24) is 15.5 Å². The van der Waals surface area contributed by atoms with E-state index in [9.17, 15) is 9.59 Å². The summed E-state index contributed by atoms with van der Waals surface area (Å²) in [6, 6.07) is 6.43. The first-order valence-corrected chi connectivity index (χ1v) is 9.66. The lowest BCUT2D eigenvalue weighted by Crippen LogP contribution is -2.50. The van der Waals surface area contributed by atoms with Crippen molar-refractivity contribution in [3.63, 3.8) is 0 Å². The summed E-state index contributed by atoms with van der Waals surface area (Å²) in [7, 11) is 2.94. The number of nitrogens with zero attached hydrogens (tertiary/aromatic N) is 1. The maximum atomic E-state index is 12.7. The zero-order valence-electron chi connectivity index (χ0n) is 17.0. The molecule has 0 unspecified atom stereocenters. The molecule has 2 aliphatic rings. The van der Waals surface area contributed by atoms with E-state index in [0.29, 0.717) is 35.4 Å². The van der Waals surface area contributed by atoms with Crippen molar-refractivity contribution in [2.45, 2.75) is 26.3 Å². The van der Waals surface area contributed by atoms with Crippen LogP contribution in [0.15, 0.2) is 35.5 Å². The Labute approximate surface area is 166 Å². The number of urea groups is 1. The second-order valence-corrected chi connectivity index (χ2v) is 7.83. The maximum Gasteiger partial charge on any atom is 0.338 e. The van der Waals surface area contributed by atoms with Gasteiger partial charge in [0.25, 0.3) is 0 Å². The van der Waals surface area contributed by atoms with E-state index in [1.165, 1.54) is 13.5 Å². The molecule has 0 saturated carbocycles. The molecule has 2 N–H and O–H groups in total. The highest BCUT2D eigenvalue weighted by Crippen LogP contribution is 2.31. The molecule has 7 heteroatoms. The van der Waals surface area contributed by atoms with E-state index in [2.05, 4.69) is 29.4 Å². The second kappa shape index (κ2) is 8.65. The summed E-state index contributed by atoms with van der Waals surface area (Å²) in [4.78, 5) is 27.3. The van der Waals surface area contributed by atoms with Gasteiger partial charge in [0.05, 0.1) is 25.8 Å². The van der Waals surface area contributed by atoms with Crippen LogP contribution in [0.2, 0.25) is 0 Å². The SMILES string of the molecule is COC(=O)C1=C(CN2C[C@H](C)C[C@@H](C)C2)NC(=O)N[C@H]1c1cccc(OC)c1. The number of amides is 2. The predicted molar refractivity (Wildman–Crippen MR) is 106 cm³/mol. The van der Waals surface area contributed by atoms with Crippen molar-refractivity contribution in [1.29, 1.82) is 0 Å². The van der Waals surface area contributed by atoms with Crippen LogP contribution in [-0.2, 0) is 9.53 Å². The molecule has 1 aromatic carbocycles. The van der Waals surface area contributed by atoms with Gasteiger partial charge in [-0.2, -0.15) is 0 Å². The molecule has 3 rings (SSSR count). The van der Waals surface area contributed by atoms with Crippen LogP contribution < -0.4 is 15.4 Å². The zero-order chi connectivity index (χ0) is 20.3. The highest BCUT2D eigenvalue weighted by atomic mass is 16.5. The Hall–Kier alpha value is -2.54. The molecule has 0 spiro atoms. The van der Waals surface area contributed by atoms with Crippen LogP contribution in [0, 0.1) is 11.8 Å². The fourth-order valence-corrected chi connectivity index (χ4v) is 4.31.